The van der Waals surface area contributed by atoms with Crippen molar-refractivity contribution in [1.82, 2.24) is 8.75 Å². The van der Waals surface area contributed by atoms with Gasteiger partial charge in [-0.25, -0.2) is 0 Å². The summed E-state index contributed by atoms with van der Waals surface area (Å²) in [6.45, 7) is 4.65. The maximum absolute atomic E-state index is 6.35. The summed E-state index contributed by atoms with van der Waals surface area (Å²) in [6, 6.07) is 2.19. The minimum absolute atomic E-state index is 0.383. The predicted octanol–water partition coefficient (Wildman–Crippen LogP) is 5.38. The van der Waals surface area contributed by atoms with E-state index in [9.17, 15) is 0 Å². The zero-order valence-corrected chi connectivity index (χ0v) is 13.9. The SMILES string of the molecule is CC1(C)CCCC(Nc2c(Cl)cc(Cl)c3nsnc23)C1. The van der Waals surface area contributed by atoms with Gasteiger partial charge in [-0.2, -0.15) is 8.75 Å². The Morgan fingerprint density at radius 3 is 2.75 bits per heavy atom. The highest BCUT2D eigenvalue weighted by molar-refractivity contribution is 7.00. The monoisotopic (exact) mass is 329 g/mol. The highest BCUT2D eigenvalue weighted by Gasteiger charge is 2.29. The van der Waals surface area contributed by atoms with Crippen molar-refractivity contribution in [2.45, 2.75) is 45.6 Å². The molecule has 1 aromatic heterocycles. The molecule has 1 unspecified atom stereocenters. The van der Waals surface area contributed by atoms with Crippen LogP contribution in [0.2, 0.25) is 10.0 Å². The number of nitrogens with one attached hydrogen (secondary N) is 1. The van der Waals surface area contributed by atoms with E-state index < -0.39 is 0 Å². The van der Waals surface area contributed by atoms with Crippen molar-refractivity contribution < 1.29 is 0 Å². The summed E-state index contributed by atoms with van der Waals surface area (Å²) in [4.78, 5) is 0. The van der Waals surface area contributed by atoms with Crippen LogP contribution in [0.1, 0.15) is 39.5 Å². The molecule has 0 bridgehead atoms. The molecule has 0 amide bonds. The summed E-state index contributed by atoms with van der Waals surface area (Å²) in [5, 5.41) is 4.76. The Morgan fingerprint density at radius 2 is 2.00 bits per heavy atom. The topological polar surface area (TPSA) is 37.8 Å². The van der Waals surface area contributed by atoms with Crippen molar-refractivity contribution in [3.63, 3.8) is 0 Å². The van der Waals surface area contributed by atoms with Crippen LogP contribution < -0.4 is 5.32 Å². The van der Waals surface area contributed by atoms with Gasteiger partial charge in [0.2, 0.25) is 0 Å². The molecule has 2 aromatic rings. The third kappa shape index (κ3) is 2.74. The number of anilines is 1. The summed E-state index contributed by atoms with van der Waals surface area (Å²) >= 11 is 13.7. The Kier molecular flexibility index (Phi) is 3.82. The molecule has 0 radical (unpaired) electrons. The van der Waals surface area contributed by atoms with Crippen molar-refractivity contribution in [3.8, 4) is 0 Å². The van der Waals surface area contributed by atoms with Crippen molar-refractivity contribution >= 4 is 51.7 Å². The zero-order chi connectivity index (χ0) is 14.3. The van der Waals surface area contributed by atoms with Crippen LogP contribution in [0.3, 0.4) is 0 Å². The first-order chi connectivity index (χ1) is 9.46. The summed E-state index contributed by atoms with van der Waals surface area (Å²) in [5.74, 6) is 0. The number of nitrogens with zero attached hydrogens (tertiary/aromatic N) is 2. The zero-order valence-electron chi connectivity index (χ0n) is 11.5. The van der Waals surface area contributed by atoms with Crippen LogP contribution in [-0.2, 0) is 0 Å². The molecule has 1 atom stereocenters. The van der Waals surface area contributed by atoms with Crippen LogP contribution in [-0.4, -0.2) is 14.8 Å². The Hall–Kier alpha value is -0.580. The second kappa shape index (κ2) is 5.32. The molecular formula is C14H17Cl2N3S. The molecule has 1 aromatic carbocycles. The first-order valence-electron chi connectivity index (χ1n) is 6.83. The smallest absolute Gasteiger partial charge is 0.130 e. The Balaban J connectivity index is 1.93. The lowest BCUT2D eigenvalue weighted by molar-refractivity contribution is 0.229. The molecule has 108 valence electrons. The molecule has 0 spiro atoms. The Bertz CT molecular complexity index is 639. The second-order valence-corrected chi connectivity index (χ2v) is 7.62. The molecule has 1 aliphatic carbocycles. The molecule has 1 fully saturated rings. The van der Waals surface area contributed by atoms with E-state index in [0.29, 0.717) is 21.5 Å². The number of hydrogen-bond donors (Lipinski definition) is 1. The van der Waals surface area contributed by atoms with E-state index in [1.807, 2.05) is 0 Å². The van der Waals surface area contributed by atoms with E-state index >= 15 is 0 Å². The third-order valence-corrected chi connectivity index (χ3v) is 5.11. The van der Waals surface area contributed by atoms with Gasteiger partial charge in [0.05, 0.1) is 27.5 Å². The number of halogens is 2. The predicted molar refractivity (Wildman–Crippen MR) is 87.1 cm³/mol. The van der Waals surface area contributed by atoms with Crippen molar-refractivity contribution in [1.29, 1.82) is 0 Å². The standard InChI is InChI=1S/C14H17Cl2N3S/c1-14(2)5-3-4-8(7-14)17-11-9(15)6-10(16)12-13(11)19-20-18-12/h6,8,17H,3-5,7H2,1-2H3. The van der Waals surface area contributed by atoms with E-state index in [-0.39, 0.29) is 0 Å². The van der Waals surface area contributed by atoms with Crippen molar-refractivity contribution in [3.05, 3.63) is 16.1 Å². The van der Waals surface area contributed by atoms with Gasteiger partial charge in [-0.1, -0.05) is 43.5 Å². The van der Waals surface area contributed by atoms with Crippen molar-refractivity contribution in [2.75, 3.05) is 5.32 Å². The second-order valence-electron chi connectivity index (χ2n) is 6.28. The van der Waals surface area contributed by atoms with E-state index in [0.717, 1.165) is 23.1 Å². The average molecular weight is 330 g/mol. The number of fused-ring (bicyclic) bond motifs is 1. The maximum atomic E-state index is 6.35. The molecule has 1 aliphatic rings. The van der Waals surface area contributed by atoms with Gasteiger partial charge in [0.1, 0.15) is 11.0 Å². The molecule has 3 nitrogen and oxygen atoms in total. The maximum Gasteiger partial charge on any atom is 0.130 e. The molecule has 0 saturated heterocycles. The lowest BCUT2D eigenvalue weighted by Crippen LogP contribution is -2.31. The largest absolute Gasteiger partial charge is 0.379 e. The Labute approximate surface area is 133 Å². The number of benzene rings is 1. The number of hydrogen-bond acceptors (Lipinski definition) is 4. The number of rotatable bonds is 2. The molecule has 20 heavy (non-hydrogen) atoms. The van der Waals surface area contributed by atoms with Crippen LogP contribution in [0.25, 0.3) is 11.0 Å². The Morgan fingerprint density at radius 1 is 1.25 bits per heavy atom. The molecule has 1 N–H and O–H groups in total. The first kappa shape index (κ1) is 14.4. The van der Waals surface area contributed by atoms with Gasteiger partial charge in [-0.15, -0.1) is 0 Å². The van der Waals surface area contributed by atoms with E-state index in [4.69, 9.17) is 23.2 Å². The molecule has 1 saturated carbocycles. The molecule has 3 rings (SSSR count). The summed E-state index contributed by atoms with van der Waals surface area (Å²) in [7, 11) is 0. The normalized spacial score (nSPS) is 22.1. The van der Waals surface area contributed by atoms with Crippen molar-refractivity contribution in [2.24, 2.45) is 5.41 Å². The van der Waals surface area contributed by atoms with Gasteiger partial charge in [0.15, 0.2) is 0 Å². The van der Waals surface area contributed by atoms with Crippen LogP contribution in [0.5, 0.6) is 0 Å². The van der Waals surface area contributed by atoms with Crippen LogP contribution in [0.4, 0.5) is 5.69 Å². The molecule has 1 heterocycles. The summed E-state index contributed by atoms with van der Waals surface area (Å²) in [6.07, 6.45) is 4.84. The minimum atomic E-state index is 0.383. The summed E-state index contributed by atoms with van der Waals surface area (Å²) in [5.41, 5.74) is 2.78. The quantitative estimate of drug-likeness (QED) is 0.803. The molecular weight excluding hydrogens is 313 g/mol. The fourth-order valence-corrected chi connectivity index (χ4v) is 4.20. The average Bonchev–Trinajstić information content (AvgIpc) is 2.82. The minimum Gasteiger partial charge on any atom is -0.379 e. The highest BCUT2D eigenvalue weighted by Crippen LogP contribution is 2.40. The van der Waals surface area contributed by atoms with Crippen LogP contribution in [0, 0.1) is 5.41 Å². The molecule has 0 aliphatic heterocycles. The van der Waals surface area contributed by atoms with Gasteiger partial charge in [-0.3, -0.25) is 0 Å². The fraction of sp³-hybridized carbons (Fsp3) is 0.571. The van der Waals surface area contributed by atoms with Crippen LogP contribution >= 0.6 is 34.9 Å². The lowest BCUT2D eigenvalue weighted by Gasteiger charge is -2.36. The van der Waals surface area contributed by atoms with Gasteiger partial charge in [0.25, 0.3) is 0 Å². The van der Waals surface area contributed by atoms with E-state index in [1.54, 1.807) is 6.07 Å². The summed E-state index contributed by atoms with van der Waals surface area (Å²) < 4.78 is 8.58. The first-order valence-corrected chi connectivity index (χ1v) is 8.32. The van der Waals surface area contributed by atoms with Gasteiger partial charge < -0.3 is 5.32 Å². The lowest BCUT2D eigenvalue weighted by atomic mass is 9.75. The van der Waals surface area contributed by atoms with Gasteiger partial charge in [-0.05, 0) is 30.7 Å². The van der Waals surface area contributed by atoms with Gasteiger partial charge in [0, 0.05) is 6.04 Å². The van der Waals surface area contributed by atoms with Crippen LogP contribution in [0.15, 0.2) is 6.07 Å². The van der Waals surface area contributed by atoms with Gasteiger partial charge >= 0.3 is 0 Å². The fourth-order valence-electron chi connectivity index (χ4n) is 3.04. The third-order valence-electron chi connectivity index (χ3n) is 4.00. The van der Waals surface area contributed by atoms with E-state index in [2.05, 4.69) is 27.9 Å². The highest BCUT2D eigenvalue weighted by atomic mass is 35.5. The number of aromatic nitrogens is 2. The van der Waals surface area contributed by atoms with E-state index in [1.165, 1.54) is 31.0 Å². The molecule has 6 heteroatoms.